The number of hydrogen-bond acceptors (Lipinski definition) is 2. The highest BCUT2D eigenvalue weighted by molar-refractivity contribution is 7.26. The van der Waals surface area contributed by atoms with Crippen molar-refractivity contribution in [1.29, 1.82) is 0 Å². The summed E-state index contributed by atoms with van der Waals surface area (Å²) in [6, 6.07) is 71.2. The molecule has 0 fully saturated rings. The number of nitrogens with one attached hydrogen (secondary N) is 1. The zero-order valence-electron chi connectivity index (χ0n) is 31.8. The van der Waals surface area contributed by atoms with Crippen LogP contribution in [0.4, 0.5) is 11.4 Å². The Kier molecular flexibility index (Phi) is 7.35. The fourth-order valence-corrected chi connectivity index (χ4v) is 10.7. The Morgan fingerprint density at radius 1 is 0.448 bits per heavy atom. The summed E-state index contributed by atoms with van der Waals surface area (Å²) in [6.45, 7) is 2.20. The number of rotatable bonds is 5. The van der Waals surface area contributed by atoms with Crippen molar-refractivity contribution in [3.63, 3.8) is 0 Å². The van der Waals surface area contributed by atoms with E-state index in [2.05, 4.69) is 211 Å². The van der Waals surface area contributed by atoms with E-state index in [1.165, 1.54) is 102 Å². The number of hydrogen-bond donors (Lipinski definition) is 1. The minimum Gasteiger partial charge on any atom is -0.354 e. The Hall–Kier alpha value is -7.20. The summed E-state index contributed by atoms with van der Waals surface area (Å²) in [5, 5.41) is 16.6. The fraction of sp³-hybridized carbons (Fsp3) is 0.0182. The van der Waals surface area contributed by atoms with Gasteiger partial charge in [0.1, 0.15) is 0 Å². The molecule has 0 saturated heterocycles. The number of aromatic nitrogens is 1. The number of benzene rings is 10. The summed E-state index contributed by atoms with van der Waals surface area (Å²) in [6.07, 6.45) is 0. The molecule has 2 heterocycles. The summed E-state index contributed by atoms with van der Waals surface area (Å²) >= 11 is 1.89. The van der Waals surface area contributed by atoms with Crippen molar-refractivity contribution in [2.75, 3.05) is 5.32 Å². The molecule has 0 saturated carbocycles. The molecule has 3 heteroatoms. The number of fused-ring (bicyclic) bond motifs is 13. The van der Waals surface area contributed by atoms with E-state index in [0.29, 0.717) is 0 Å². The van der Waals surface area contributed by atoms with E-state index in [9.17, 15) is 0 Å². The normalized spacial score (nSPS) is 11.9. The van der Waals surface area contributed by atoms with E-state index in [1.54, 1.807) is 0 Å². The third-order valence-corrected chi connectivity index (χ3v) is 13.3. The second kappa shape index (κ2) is 12.9. The van der Waals surface area contributed by atoms with Crippen LogP contribution in [0, 0.1) is 6.92 Å². The van der Waals surface area contributed by atoms with Crippen molar-refractivity contribution in [3.05, 3.63) is 200 Å². The first-order valence-electron chi connectivity index (χ1n) is 19.9. The molecular weight excluding hydrogens is 721 g/mol. The fourth-order valence-electron chi connectivity index (χ4n) is 9.42. The second-order valence-corrected chi connectivity index (χ2v) is 16.4. The molecule has 10 aromatic carbocycles. The van der Waals surface area contributed by atoms with Crippen LogP contribution in [0.1, 0.15) is 5.56 Å². The quantitative estimate of drug-likeness (QED) is 0.173. The van der Waals surface area contributed by atoms with Crippen LogP contribution in [0.3, 0.4) is 0 Å². The average Bonchev–Trinajstić information content (AvgIpc) is 3.83. The minimum absolute atomic E-state index is 1.08. The second-order valence-electron chi connectivity index (χ2n) is 15.4. The zero-order chi connectivity index (χ0) is 38.3. The van der Waals surface area contributed by atoms with Crippen molar-refractivity contribution < 1.29 is 0 Å². The van der Waals surface area contributed by atoms with Crippen LogP contribution in [0.2, 0.25) is 0 Å². The van der Waals surface area contributed by atoms with Gasteiger partial charge in [-0.05, 0) is 93.2 Å². The summed E-state index contributed by atoms with van der Waals surface area (Å²) in [7, 11) is 0. The van der Waals surface area contributed by atoms with Gasteiger partial charge >= 0.3 is 0 Å². The number of nitrogens with zero attached hydrogens (tertiary/aromatic N) is 1. The molecule has 2 aromatic heterocycles. The topological polar surface area (TPSA) is 17.0 Å². The first-order valence-corrected chi connectivity index (χ1v) is 20.7. The molecule has 0 atom stereocenters. The Bertz CT molecular complexity index is 3590. The van der Waals surface area contributed by atoms with Gasteiger partial charge in [0, 0.05) is 58.7 Å². The van der Waals surface area contributed by atoms with E-state index in [4.69, 9.17) is 0 Å². The molecule has 2 nitrogen and oxygen atoms in total. The number of anilines is 2. The SMILES string of the molecule is Cc1ccccc1-c1ccc2ccc3c4cc(-c5ccc6c7c8ccccc8c8ccccc8c7n(-c7ccccc7)c6c5)ccc4sc3c2c1Nc1ccccc1. The molecule has 58 heavy (non-hydrogen) atoms. The first kappa shape index (κ1) is 33.0. The van der Waals surface area contributed by atoms with Gasteiger partial charge in [-0.15, -0.1) is 11.3 Å². The maximum Gasteiger partial charge on any atom is 0.0625 e. The van der Waals surface area contributed by atoms with Crippen LogP contribution in [0.15, 0.2) is 194 Å². The summed E-state index contributed by atoms with van der Waals surface area (Å²) < 4.78 is 5.08. The van der Waals surface area contributed by atoms with Crippen molar-refractivity contribution in [2.24, 2.45) is 0 Å². The van der Waals surface area contributed by atoms with Crippen LogP contribution in [-0.4, -0.2) is 4.57 Å². The number of para-hydroxylation sites is 2. The molecule has 272 valence electrons. The van der Waals surface area contributed by atoms with Gasteiger partial charge in [0.05, 0.1) is 16.7 Å². The lowest BCUT2D eigenvalue weighted by Crippen LogP contribution is -1.96. The Labute approximate surface area is 339 Å². The Morgan fingerprint density at radius 2 is 1.09 bits per heavy atom. The monoisotopic (exact) mass is 756 g/mol. The van der Waals surface area contributed by atoms with Gasteiger partial charge in [-0.1, -0.05) is 152 Å². The lowest BCUT2D eigenvalue weighted by Gasteiger charge is -2.18. The van der Waals surface area contributed by atoms with Crippen LogP contribution in [0.25, 0.3) is 102 Å². The van der Waals surface area contributed by atoms with Gasteiger partial charge < -0.3 is 9.88 Å². The molecule has 0 aliphatic rings. The molecule has 0 radical (unpaired) electrons. The van der Waals surface area contributed by atoms with Crippen LogP contribution < -0.4 is 5.32 Å². The van der Waals surface area contributed by atoms with Gasteiger partial charge in [-0.3, -0.25) is 0 Å². The van der Waals surface area contributed by atoms with E-state index < -0.39 is 0 Å². The van der Waals surface area contributed by atoms with Crippen molar-refractivity contribution >= 4 is 97.0 Å². The summed E-state index contributed by atoms with van der Waals surface area (Å²) in [4.78, 5) is 0. The zero-order valence-corrected chi connectivity index (χ0v) is 32.6. The maximum atomic E-state index is 3.89. The molecule has 12 rings (SSSR count). The smallest absolute Gasteiger partial charge is 0.0625 e. The van der Waals surface area contributed by atoms with Crippen LogP contribution in [0.5, 0.6) is 0 Å². The predicted octanol–water partition coefficient (Wildman–Crippen LogP) is 16.0. The van der Waals surface area contributed by atoms with Gasteiger partial charge in [-0.25, -0.2) is 0 Å². The third-order valence-electron chi connectivity index (χ3n) is 12.1. The van der Waals surface area contributed by atoms with Gasteiger partial charge in [-0.2, -0.15) is 0 Å². The lowest BCUT2D eigenvalue weighted by molar-refractivity contribution is 1.19. The van der Waals surface area contributed by atoms with Crippen LogP contribution in [-0.2, 0) is 0 Å². The minimum atomic E-state index is 1.08. The lowest BCUT2D eigenvalue weighted by atomic mass is 9.94. The van der Waals surface area contributed by atoms with E-state index >= 15 is 0 Å². The third kappa shape index (κ3) is 4.97. The molecule has 1 N–H and O–H groups in total. The van der Waals surface area contributed by atoms with Gasteiger partial charge in [0.25, 0.3) is 0 Å². The van der Waals surface area contributed by atoms with E-state index in [1.807, 2.05) is 11.3 Å². The summed E-state index contributed by atoms with van der Waals surface area (Å²) in [5.41, 5.74) is 12.0. The molecule has 0 unspecified atom stereocenters. The number of thiophene rings is 1. The van der Waals surface area contributed by atoms with Crippen LogP contribution >= 0.6 is 11.3 Å². The molecule has 0 bridgehead atoms. The van der Waals surface area contributed by atoms with Crippen molar-refractivity contribution in [2.45, 2.75) is 6.92 Å². The molecule has 0 aliphatic heterocycles. The highest BCUT2D eigenvalue weighted by Crippen LogP contribution is 2.47. The standard InChI is InChI=1S/C55H36N2S/c1-34-14-8-9-19-40(34)44-28-24-35-25-29-46-48-32-36(27-31-50(48)58-55(46)51(35)53(44)56-38-15-4-2-5-16-38)37-26-30-47-49(33-37)57(39-17-6-3-7-18-39)54-45-23-13-11-21-42(45)41-20-10-12-22-43(41)52(47)54/h2-33,56H,1H3. The predicted molar refractivity (Wildman–Crippen MR) is 252 cm³/mol. The van der Waals surface area contributed by atoms with E-state index in [-0.39, 0.29) is 0 Å². The maximum absolute atomic E-state index is 3.89. The molecular formula is C55H36N2S. The van der Waals surface area contributed by atoms with Gasteiger partial charge in [0.15, 0.2) is 0 Å². The average molecular weight is 757 g/mol. The van der Waals surface area contributed by atoms with Crippen molar-refractivity contribution in [1.82, 2.24) is 4.57 Å². The number of aryl methyl sites for hydroxylation is 1. The largest absolute Gasteiger partial charge is 0.354 e. The summed E-state index contributed by atoms with van der Waals surface area (Å²) in [5.74, 6) is 0. The Balaban J connectivity index is 1.10. The van der Waals surface area contributed by atoms with Gasteiger partial charge in [0.2, 0.25) is 0 Å². The molecule has 0 spiro atoms. The highest BCUT2D eigenvalue weighted by atomic mass is 32.1. The molecule has 12 aromatic rings. The Morgan fingerprint density at radius 3 is 1.90 bits per heavy atom. The molecule has 0 amide bonds. The highest BCUT2D eigenvalue weighted by Gasteiger charge is 2.21. The van der Waals surface area contributed by atoms with Crippen molar-refractivity contribution in [3.8, 4) is 27.9 Å². The van der Waals surface area contributed by atoms with E-state index in [0.717, 1.165) is 17.1 Å². The molecule has 0 aliphatic carbocycles. The first-order chi connectivity index (χ1) is 28.7.